The van der Waals surface area contributed by atoms with Crippen LogP contribution < -0.4 is 15.4 Å². The Balaban J connectivity index is 1.95. The number of methoxy groups -OCH3 is 1. The molecule has 1 aromatic carbocycles. The number of aliphatic imine (C=N–C) groups is 1. The van der Waals surface area contributed by atoms with Crippen LogP contribution in [-0.4, -0.2) is 31.1 Å². The van der Waals surface area contributed by atoms with Crippen LogP contribution in [0.15, 0.2) is 41.4 Å². The number of nitrogens with zero attached hydrogens (tertiary/aromatic N) is 2. The maximum absolute atomic E-state index is 5.44. The van der Waals surface area contributed by atoms with Gasteiger partial charge in [-0.3, -0.25) is 4.98 Å². The molecular formula is C20H28N4O. The molecule has 1 heterocycles. The Bertz CT molecular complexity index is 713. The highest BCUT2D eigenvalue weighted by atomic mass is 16.5. The Morgan fingerprint density at radius 1 is 1.16 bits per heavy atom. The molecule has 25 heavy (non-hydrogen) atoms. The van der Waals surface area contributed by atoms with Gasteiger partial charge in [0.25, 0.3) is 0 Å². The molecule has 2 rings (SSSR count). The Labute approximate surface area is 150 Å². The SMILES string of the molecule is CCNC(=NCc1cccc(C)n1)NCCc1cc(C)ccc1OC. The fraction of sp³-hybridized carbons (Fsp3) is 0.400. The molecule has 0 aliphatic rings. The molecule has 0 fully saturated rings. The molecule has 0 aliphatic carbocycles. The smallest absolute Gasteiger partial charge is 0.191 e. The molecule has 0 radical (unpaired) electrons. The van der Waals surface area contributed by atoms with Crippen molar-refractivity contribution in [3.8, 4) is 5.75 Å². The summed E-state index contributed by atoms with van der Waals surface area (Å²) < 4.78 is 5.44. The molecule has 0 saturated heterocycles. The number of aromatic nitrogens is 1. The number of hydrogen-bond acceptors (Lipinski definition) is 3. The van der Waals surface area contributed by atoms with Crippen molar-refractivity contribution in [3.63, 3.8) is 0 Å². The second kappa shape index (κ2) is 9.67. The molecule has 0 saturated carbocycles. The Morgan fingerprint density at radius 2 is 2.00 bits per heavy atom. The quantitative estimate of drug-likeness (QED) is 0.601. The topological polar surface area (TPSA) is 58.5 Å². The third-order valence-corrected chi connectivity index (χ3v) is 3.81. The van der Waals surface area contributed by atoms with E-state index < -0.39 is 0 Å². The molecule has 0 unspecified atom stereocenters. The van der Waals surface area contributed by atoms with Crippen LogP contribution in [0.4, 0.5) is 0 Å². The Kier molecular flexibility index (Phi) is 7.26. The Hall–Kier alpha value is -2.56. The molecule has 0 atom stereocenters. The van der Waals surface area contributed by atoms with Gasteiger partial charge < -0.3 is 15.4 Å². The summed E-state index contributed by atoms with van der Waals surface area (Å²) in [4.78, 5) is 9.10. The average Bonchev–Trinajstić information content (AvgIpc) is 2.60. The highest BCUT2D eigenvalue weighted by molar-refractivity contribution is 5.79. The van der Waals surface area contributed by atoms with Crippen molar-refractivity contribution >= 4 is 5.96 Å². The zero-order chi connectivity index (χ0) is 18.1. The number of benzene rings is 1. The highest BCUT2D eigenvalue weighted by Gasteiger charge is 2.04. The number of ether oxygens (including phenoxy) is 1. The van der Waals surface area contributed by atoms with Crippen LogP contribution in [0.2, 0.25) is 0 Å². The van der Waals surface area contributed by atoms with Gasteiger partial charge in [-0.25, -0.2) is 4.99 Å². The van der Waals surface area contributed by atoms with Gasteiger partial charge in [-0.15, -0.1) is 0 Å². The average molecular weight is 340 g/mol. The second-order valence-corrected chi connectivity index (χ2v) is 5.96. The standard InChI is InChI=1S/C20H28N4O/c1-5-21-20(23-14-18-8-6-7-16(3)24-18)22-12-11-17-13-15(2)9-10-19(17)25-4/h6-10,13H,5,11-12,14H2,1-4H3,(H2,21,22,23). The number of aryl methyl sites for hydroxylation is 2. The number of guanidine groups is 1. The van der Waals surface area contributed by atoms with E-state index in [4.69, 9.17) is 4.74 Å². The van der Waals surface area contributed by atoms with Gasteiger partial charge in [-0.1, -0.05) is 23.8 Å². The zero-order valence-electron chi connectivity index (χ0n) is 15.6. The molecule has 1 aromatic heterocycles. The molecule has 0 aliphatic heterocycles. The van der Waals surface area contributed by atoms with Crippen molar-refractivity contribution in [2.24, 2.45) is 4.99 Å². The second-order valence-electron chi connectivity index (χ2n) is 5.96. The van der Waals surface area contributed by atoms with Crippen LogP contribution in [0.3, 0.4) is 0 Å². The monoisotopic (exact) mass is 340 g/mol. The number of nitrogens with one attached hydrogen (secondary N) is 2. The van der Waals surface area contributed by atoms with Crippen LogP contribution in [0.1, 0.15) is 29.4 Å². The van der Waals surface area contributed by atoms with Gasteiger partial charge in [0.1, 0.15) is 5.75 Å². The molecule has 2 aromatic rings. The lowest BCUT2D eigenvalue weighted by molar-refractivity contribution is 0.409. The lowest BCUT2D eigenvalue weighted by atomic mass is 10.1. The molecular weight excluding hydrogens is 312 g/mol. The number of rotatable bonds is 7. The maximum atomic E-state index is 5.44. The van der Waals surface area contributed by atoms with Crippen molar-refractivity contribution < 1.29 is 4.74 Å². The first-order valence-corrected chi connectivity index (χ1v) is 8.70. The van der Waals surface area contributed by atoms with Crippen molar-refractivity contribution in [3.05, 3.63) is 58.9 Å². The highest BCUT2D eigenvalue weighted by Crippen LogP contribution is 2.19. The molecule has 134 valence electrons. The largest absolute Gasteiger partial charge is 0.496 e. The van der Waals surface area contributed by atoms with Crippen LogP contribution >= 0.6 is 0 Å². The van der Waals surface area contributed by atoms with E-state index in [0.29, 0.717) is 6.54 Å². The van der Waals surface area contributed by atoms with E-state index in [1.165, 1.54) is 11.1 Å². The van der Waals surface area contributed by atoms with E-state index in [-0.39, 0.29) is 0 Å². The Morgan fingerprint density at radius 3 is 2.72 bits per heavy atom. The van der Waals surface area contributed by atoms with E-state index in [1.807, 2.05) is 31.2 Å². The summed E-state index contributed by atoms with van der Waals surface area (Å²) in [5.74, 6) is 1.73. The van der Waals surface area contributed by atoms with Gasteiger partial charge in [0.2, 0.25) is 0 Å². The van der Waals surface area contributed by atoms with Crippen molar-refractivity contribution in [1.29, 1.82) is 0 Å². The van der Waals surface area contributed by atoms with Gasteiger partial charge in [-0.2, -0.15) is 0 Å². The summed E-state index contributed by atoms with van der Waals surface area (Å²) in [7, 11) is 1.71. The third kappa shape index (κ3) is 6.10. The first-order valence-electron chi connectivity index (χ1n) is 8.70. The van der Waals surface area contributed by atoms with Crippen LogP contribution in [0.25, 0.3) is 0 Å². The van der Waals surface area contributed by atoms with E-state index in [0.717, 1.165) is 42.6 Å². The minimum Gasteiger partial charge on any atom is -0.496 e. The van der Waals surface area contributed by atoms with Gasteiger partial charge in [0.15, 0.2) is 5.96 Å². The van der Waals surface area contributed by atoms with E-state index >= 15 is 0 Å². The molecule has 5 nitrogen and oxygen atoms in total. The van der Waals surface area contributed by atoms with Gasteiger partial charge in [0, 0.05) is 18.8 Å². The molecule has 0 spiro atoms. The first-order chi connectivity index (χ1) is 12.1. The van der Waals surface area contributed by atoms with Gasteiger partial charge >= 0.3 is 0 Å². The van der Waals surface area contributed by atoms with Gasteiger partial charge in [-0.05, 0) is 51.0 Å². The summed E-state index contributed by atoms with van der Waals surface area (Å²) in [5, 5.41) is 6.65. The summed E-state index contributed by atoms with van der Waals surface area (Å²) >= 11 is 0. The van der Waals surface area contributed by atoms with Crippen molar-refractivity contribution in [2.75, 3.05) is 20.2 Å². The van der Waals surface area contributed by atoms with E-state index in [2.05, 4.69) is 46.6 Å². The first kappa shape index (κ1) is 18.8. The summed E-state index contributed by atoms with van der Waals surface area (Å²) in [5.41, 5.74) is 4.42. The van der Waals surface area contributed by atoms with E-state index in [9.17, 15) is 0 Å². The summed E-state index contributed by atoms with van der Waals surface area (Å²) in [6.07, 6.45) is 0.873. The fourth-order valence-electron chi connectivity index (χ4n) is 2.61. The predicted octanol–water partition coefficient (Wildman–Crippen LogP) is 3.00. The van der Waals surface area contributed by atoms with Crippen LogP contribution in [0.5, 0.6) is 5.75 Å². The summed E-state index contributed by atoms with van der Waals surface area (Å²) in [6.45, 7) is 8.31. The van der Waals surface area contributed by atoms with Crippen LogP contribution in [0, 0.1) is 13.8 Å². The lowest BCUT2D eigenvalue weighted by Crippen LogP contribution is -2.38. The number of pyridine rings is 1. The van der Waals surface area contributed by atoms with Gasteiger partial charge in [0.05, 0.1) is 19.3 Å². The van der Waals surface area contributed by atoms with Crippen molar-refractivity contribution in [2.45, 2.75) is 33.7 Å². The molecule has 2 N–H and O–H groups in total. The van der Waals surface area contributed by atoms with Crippen LogP contribution in [-0.2, 0) is 13.0 Å². The van der Waals surface area contributed by atoms with E-state index in [1.54, 1.807) is 7.11 Å². The minimum absolute atomic E-state index is 0.560. The molecule has 0 bridgehead atoms. The number of hydrogen-bond donors (Lipinski definition) is 2. The minimum atomic E-state index is 0.560. The summed E-state index contributed by atoms with van der Waals surface area (Å²) in [6, 6.07) is 12.3. The lowest BCUT2D eigenvalue weighted by Gasteiger charge is -2.13. The third-order valence-electron chi connectivity index (χ3n) is 3.81. The van der Waals surface area contributed by atoms with Crippen molar-refractivity contribution in [1.82, 2.24) is 15.6 Å². The zero-order valence-corrected chi connectivity index (χ0v) is 15.6. The molecule has 5 heteroatoms. The predicted molar refractivity (Wildman–Crippen MR) is 103 cm³/mol. The normalized spacial score (nSPS) is 11.3. The molecule has 0 amide bonds. The fourth-order valence-corrected chi connectivity index (χ4v) is 2.61. The maximum Gasteiger partial charge on any atom is 0.191 e.